The number of pyridine rings is 1. The van der Waals surface area contributed by atoms with Crippen LogP contribution in [0.25, 0.3) is 0 Å². The third-order valence-electron chi connectivity index (χ3n) is 9.98. The monoisotopic (exact) mass is 466 g/mol. The van der Waals surface area contributed by atoms with Crippen molar-refractivity contribution in [3.63, 3.8) is 0 Å². The molecule has 0 radical (unpaired) electrons. The number of benzene rings is 2. The standard InChI is InChI=1S/C30H30N2O3/c33-22-8-9-23-24(12-22)29-14-25-21(11-20(26(34)31-25)10-18-4-2-1-3-5-18)13-30(29,35)27-28(23,16-29)17-32(27)15-19-6-7-19/h1-5,8-9,11-12,19,27,33,35H,6-7,10,13-17H2,(H,31,34). The van der Waals surface area contributed by atoms with Gasteiger partial charge in [0, 0.05) is 54.4 Å². The summed E-state index contributed by atoms with van der Waals surface area (Å²) in [5, 5.41) is 23.1. The number of aromatic nitrogens is 1. The predicted octanol–water partition coefficient (Wildman–Crippen LogP) is 3.19. The molecule has 5 aliphatic rings. The number of fused-ring (bicyclic) bond motifs is 3. The van der Waals surface area contributed by atoms with Crippen LogP contribution in [0.2, 0.25) is 0 Å². The number of nitrogens with one attached hydrogen (secondary N) is 1. The van der Waals surface area contributed by atoms with Gasteiger partial charge < -0.3 is 15.2 Å². The fraction of sp³-hybridized carbons (Fsp3) is 0.433. The lowest BCUT2D eigenvalue weighted by Crippen LogP contribution is -2.75. The molecule has 4 unspecified atom stereocenters. The van der Waals surface area contributed by atoms with E-state index in [-0.39, 0.29) is 22.8 Å². The summed E-state index contributed by atoms with van der Waals surface area (Å²) in [5.74, 6) is 1.03. The molecule has 2 saturated carbocycles. The Labute approximate surface area is 204 Å². The first-order chi connectivity index (χ1) is 16.9. The second-order valence-electron chi connectivity index (χ2n) is 12.0. The molecule has 2 aromatic carbocycles. The highest BCUT2D eigenvalue weighted by Gasteiger charge is 2.81. The summed E-state index contributed by atoms with van der Waals surface area (Å²) in [5.41, 5.74) is 4.85. The lowest BCUT2D eigenvalue weighted by molar-refractivity contribution is -0.136. The first kappa shape index (κ1) is 20.3. The number of aromatic amines is 1. The second-order valence-corrected chi connectivity index (χ2v) is 12.0. The molecule has 35 heavy (non-hydrogen) atoms. The maximum atomic E-state index is 13.1. The Morgan fingerprint density at radius 1 is 1.03 bits per heavy atom. The number of H-pyrrole nitrogens is 1. The van der Waals surface area contributed by atoms with E-state index < -0.39 is 11.0 Å². The molecule has 178 valence electrons. The van der Waals surface area contributed by atoms with E-state index in [0.717, 1.165) is 53.4 Å². The van der Waals surface area contributed by atoms with Crippen LogP contribution < -0.4 is 5.56 Å². The molecule has 0 amide bonds. The maximum Gasteiger partial charge on any atom is 0.251 e. The van der Waals surface area contributed by atoms with Crippen LogP contribution in [0.4, 0.5) is 0 Å². The predicted molar refractivity (Wildman–Crippen MR) is 133 cm³/mol. The summed E-state index contributed by atoms with van der Waals surface area (Å²) >= 11 is 0. The SMILES string of the molecule is O=c1[nH]c2c(cc1Cc1ccccc1)CC1(O)C3N(CC4CC4)CC34CC1(C2)c1cc(O)ccc14. The molecule has 8 rings (SSSR count). The molecule has 3 fully saturated rings. The molecule has 3 aromatic rings. The van der Waals surface area contributed by atoms with Gasteiger partial charge in [-0.25, -0.2) is 0 Å². The van der Waals surface area contributed by atoms with E-state index in [4.69, 9.17) is 0 Å². The summed E-state index contributed by atoms with van der Waals surface area (Å²) in [4.78, 5) is 18.9. The minimum Gasteiger partial charge on any atom is -0.508 e. The average Bonchev–Trinajstić information content (AvgIpc) is 3.56. The van der Waals surface area contributed by atoms with Crippen LogP contribution in [0.5, 0.6) is 5.75 Å². The molecule has 2 heterocycles. The minimum atomic E-state index is -0.907. The van der Waals surface area contributed by atoms with E-state index in [1.165, 1.54) is 18.4 Å². The number of likely N-dealkylation sites (tertiary alicyclic amines) is 1. The normalized spacial score (nSPS) is 34.0. The highest BCUT2D eigenvalue weighted by atomic mass is 16.3. The smallest absolute Gasteiger partial charge is 0.251 e. The van der Waals surface area contributed by atoms with Gasteiger partial charge in [-0.05, 0) is 65.6 Å². The molecule has 2 spiro atoms. The van der Waals surface area contributed by atoms with Gasteiger partial charge in [0.15, 0.2) is 0 Å². The van der Waals surface area contributed by atoms with E-state index in [1.807, 2.05) is 24.3 Å². The van der Waals surface area contributed by atoms with Crippen molar-refractivity contribution in [3.05, 3.63) is 98.5 Å². The number of hydrogen-bond donors (Lipinski definition) is 3. The van der Waals surface area contributed by atoms with E-state index in [9.17, 15) is 15.0 Å². The number of nitrogens with zero attached hydrogens (tertiary/aromatic N) is 1. The first-order valence-electron chi connectivity index (χ1n) is 13.0. The van der Waals surface area contributed by atoms with Crippen molar-refractivity contribution in [3.8, 4) is 5.75 Å². The second kappa shape index (κ2) is 6.45. The Kier molecular flexibility index (Phi) is 3.75. The third-order valence-corrected chi connectivity index (χ3v) is 9.98. The molecule has 3 N–H and O–H groups in total. The van der Waals surface area contributed by atoms with E-state index in [2.05, 4.69) is 34.1 Å². The van der Waals surface area contributed by atoms with Gasteiger partial charge in [0.25, 0.3) is 5.56 Å². The van der Waals surface area contributed by atoms with Crippen molar-refractivity contribution in [2.75, 3.05) is 13.1 Å². The van der Waals surface area contributed by atoms with Crippen LogP contribution in [0.15, 0.2) is 59.4 Å². The van der Waals surface area contributed by atoms with Crippen molar-refractivity contribution in [1.82, 2.24) is 9.88 Å². The fourth-order valence-corrected chi connectivity index (χ4v) is 8.55. The number of phenols is 1. The zero-order chi connectivity index (χ0) is 23.6. The van der Waals surface area contributed by atoms with Crippen LogP contribution in [-0.2, 0) is 30.1 Å². The molecular weight excluding hydrogens is 436 g/mol. The quantitative estimate of drug-likeness (QED) is 0.552. The number of aromatic hydroxyl groups is 1. The zero-order valence-electron chi connectivity index (χ0n) is 19.8. The summed E-state index contributed by atoms with van der Waals surface area (Å²) in [6, 6.07) is 18.0. The molecule has 4 aliphatic carbocycles. The van der Waals surface area contributed by atoms with E-state index in [1.54, 1.807) is 6.07 Å². The molecule has 5 heteroatoms. The van der Waals surface area contributed by atoms with Crippen LogP contribution in [-0.4, -0.2) is 44.8 Å². The average molecular weight is 467 g/mol. The largest absolute Gasteiger partial charge is 0.508 e. The number of aliphatic hydroxyl groups is 1. The Morgan fingerprint density at radius 3 is 2.66 bits per heavy atom. The topological polar surface area (TPSA) is 76.6 Å². The van der Waals surface area contributed by atoms with Gasteiger partial charge in [-0.1, -0.05) is 36.4 Å². The van der Waals surface area contributed by atoms with Crippen molar-refractivity contribution in [2.24, 2.45) is 5.92 Å². The van der Waals surface area contributed by atoms with Crippen LogP contribution in [0, 0.1) is 5.92 Å². The third kappa shape index (κ3) is 2.48. The molecule has 1 saturated heterocycles. The van der Waals surface area contributed by atoms with Crippen LogP contribution in [0.3, 0.4) is 0 Å². The van der Waals surface area contributed by atoms with Crippen molar-refractivity contribution < 1.29 is 10.2 Å². The first-order valence-corrected chi connectivity index (χ1v) is 13.0. The van der Waals surface area contributed by atoms with E-state index in [0.29, 0.717) is 19.3 Å². The molecule has 4 atom stereocenters. The highest BCUT2D eigenvalue weighted by molar-refractivity contribution is 5.63. The van der Waals surface area contributed by atoms with Crippen LogP contribution in [0.1, 0.15) is 52.8 Å². The summed E-state index contributed by atoms with van der Waals surface area (Å²) in [7, 11) is 0. The van der Waals surface area contributed by atoms with Gasteiger partial charge >= 0.3 is 0 Å². The minimum absolute atomic E-state index is 0.0328. The Bertz CT molecular complexity index is 1440. The number of hydrogen-bond acceptors (Lipinski definition) is 4. The Hall–Kier alpha value is -2.89. The lowest BCUT2D eigenvalue weighted by Gasteiger charge is -2.62. The fourth-order valence-electron chi connectivity index (χ4n) is 8.55. The summed E-state index contributed by atoms with van der Waals surface area (Å²) in [6.07, 6.45) is 5.25. The number of rotatable bonds is 4. The van der Waals surface area contributed by atoms with Gasteiger partial charge in [-0.3, -0.25) is 9.69 Å². The van der Waals surface area contributed by atoms with E-state index >= 15 is 0 Å². The Balaban J connectivity index is 1.26. The van der Waals surface area contributed by atoms with Gasteiger partial charge in [-0.15, -0.1) is 0 Å². The molecule has 5 nitrogen and oxygen atoms in total. The van der Waals surface area contributed by atoms with Gasteiger partial charge in [0.05, 0.1) is 11.6 Å². The zero-order valence-corrected chi connectivity index (χ0v) is 19.8. The van der Waals surface area contributed by atoms with Crippen molar-refractivity contribution in [1.29, 1.82) is 0 Å². The molecule has 1 aliphatic heterocycles. The van der Waals surface area contributed by atoms with Gasteiger partial charge in [0.1, 0.15) is 5.75 Å². The summed E-state index contributed by atoms with van der Waals surface area (Å²) < 4.78 is 0. The summed E-state index contributed by atoms with van der Waals surface area (Å²) in [6.45, 7) is 2.07. The van der Waals surface area contributed by atoms with Gasteiger partial charge in [0.2, 0.25) is 0 Å². The van der Waals surface area contributed by atoms with Crippen molar-refractivity contribution >= 4 is 0 Å². The molecule has 1 aromatic heterocycles. The maximum absolute atomic E-state index is 13.1. The molecule has 2 bridgehead atoms. The van der Waals surface area contributed by atoms with Gasteiger partial charge in [-0.2, -0.15) is 0 Å². The van der Waals surface area contributed by atoms with Crippen molar-refractivity contribution in [2.45, 2.75) is 61.0 Å². The molecular formula is C30H30N2O3. The lowest BCUT2D eigenvalue weighted by atomic mass is 9.55. The number of phenolic OH excluding ortho intramolecular Hbond substituents is 1. The van der Waals surface area contributed by atoms with Crippen LogP contribution >= 0.6 is 0 Å². The Morgan fingerprint density at radius 2 is 1.86 bits per heavy atom. The highest BCUT2D eigenvalue weighted by Crippen LogP contribution is 2.73.